The van der Waals surface area contributed by atoms with Crippen molar-refractivity contribution in [3.05, 3.63) is 34.9 Å². The zero-order valence-corrected chi connectivity index (χ0v) is 13.4. The van der Waals surface area contributed by atoms with Crippen LogP contribution in [0.25, 0.3) is 0 Å². The van der Waals surface area contributed by atoms with Crippen molar-refractivity contribution in [1.82, 2.24) is 10.2 Å². The second-order valence-corrected chi connectivity index (χ2v) is 6.90. The van der Waals surface area contributed by atoms with E-state index in [0.29, 0.717) is 18.9 Å². The summed E-state index contributed by atoms with van der Waals surface area (Å²) in [7, 11) is 0. The first-order valence-corrected chi connectivity index (χ1v) is 8.44. The van der Waals surface area contributed by atoms with Gasteiger partial charge >= 0.3 is 0 Å². The van der Waals surface area contributed by atoms with Crippen LogP contribution in [-0.2, 0) is 6.54 Å². The van der Waals surface area contributed by atoms with Gasteiger partial charge in [0.25, 0.3) is 5.92 Å². The Kier molecular flexibility index (Phi) is 4.79. The molecule has 0 spiro atoms. The summed E-state index contributed by atoms with van der Waals surface area (Å²) in [5, 5.41) is 3.40. The number of hydrogen-bond donors (Lipinski definition) is 1. The Bertz CT molecular complexity index is 510. The fourth-order valence-corrected chi connectivity index (χ4v) is 3.79. The molecule has 1 N–H and O–H groups in total. The lowest BCUT2D eigenvalue weighted by atomic mass is 9.86. The van der Waals surface area contributed by atoms with Crippen molar-refractivity contribution in [1.29, 1.82) is 0 Å². The summed E-state index contributed by atoms with van der Waals surface area (Å²) in [6, 6.07) is 6.54. The van der Waals surface area contributed by atoms with Crippen LogP contribution in [0.5, 0.6) is 0 Å². The number of nitrogens with zero attached hydrogens (tertiary/aromatic N) is 1. The summed E-state index contributed by atoms with van der Waals surface area (Å²) in [4.78, 5) is 1.93. The number of halogens is 2. The summed E-state index contributed by atoms with van der Waals surface area (Å²) in [6.45, 7) is 5.58. The van der Waals surface area contributed by atoms with Gasteiger partial charge in [-0.1, -0.05) is 23.8 Å². The van der Waals surface area contributed by atoms with E-state index in [-0.39, 0.29) is 13.0 Å². The Hall–Kier alpha value is -1.00. The van der Waals surface area contributed by atoms with Gasteiger partial charge in [-0.25, -0.2) is 8.78 Å². The fraction of sp³-hybridized carbons (Fsp3) is 0.667. The molecule has 1 aromatic rings. The summed E-state index contributed by atoms with van der Waals surface area (Å²) in [6.07, 6.45) is 2.93. The van der Waals surface area contributed by atoms with Gasteiger partial charge in [0, 0.05) is 13.0 Å². The van der Waals surface area contributed by atoms with E-state index in [4.69, 9.17) is 0 Å². The number of rotatable bonds is 3. The van der Waals surface area contributed by atoms with Gasteiger partial charge in [0.2, 0.25) is 0 Å². The lowest BCUT2D eigenvalue weighted by Crippen LogP contribution is -2.42. The monoisotopic (exact) mass is 308 g/mol. The molecule has 2 fully saturated rings. The minimum atomic E-state index is -2.52. The summed E-state index contributed by atoms with van der Waals surface area (Å²) < 4.78 is 27.3. The van der Waals surface area contributed by atoms with Crippen LogP contribution in [0.3, 0.4) is 0 Å². The molecule has 0 aliphatic carbocycles. The maximum atomic E-state index is 13.6. The maximum Gasteiger partial charge on any atom is 0.260 e. The molecule has 0 atom stereocenters. The normalized spacial score (nSPS) is 23.6. The van der Waals surface area contributed by atoms with E-state index in [9.17, 15) is 8.78 Å². The average molecular weight is 308 g/mol. The minimum Gasteiger partial charge on any atom is -0.317 e. The molecule has 0 saturated carbocycles. The van der Waals surface area contributed by atoms with Crippen LogP contribution in [-0.4, -0.2) is 37.0 Å². The number of benzene rings is 1. The maximum absolute atomic E-state index is 13.6. The Labute approximate surface area is 131 Å². The third-order valence-corrected chi connectivity index (χ3v) is 4.95. The highest BCUT2D eigenvalue weighted by atomic mass is 19.3. The van der Waals surface area contributed by atoms with Crippen LogP contribution in [0, 0.1) is 6.92 Å². The molecule has 1 aromatic carbocycles. The Morgan fingerprint density at radius 2 is 2.05 bits per heavy atom. The van der Waals surface area contributed by atoms with Gasteiger partial charge in [-0.2, -0.15) is 0 Å². The van der Waals surface area contributed by atoms with Crippen molar-refractivity contribution in [2.45, 2.75) is 51.0 Å². The van der Waals surface area contributed by atoms with Crippen molar-refractivity contribution in [2.75, 3.05) is 26.2 Å². The van der Waals surface area contributed by atoms with Crippen LogP contribution in [0.2, 0.25) is 0 Å². The van der Waals surface area contributed by atoms with E-state index in [0.717, 1.165) is 32.5 Å². The van der Waals surface area contributed by atoms with Crippen molar-refractivity contribution in [2.24, 2.45) is 0 Å². The molecule has 0 radical (unpaired) electrons. The topological polar surface area (TPSA) is 15.3 Å². The smallest absolute Gasteiger partial charge is 0.260 e. The first kappa shape index (κ1) is 15.9. The largest absolute Gasteiger partial charge is 0.317 e. The zero-order valence-electron chi connectivity index (χ0n) is 13.4. The quantitative estimate of drug-likeness (QED) is 0.916. The number of hydrogen-bond acceptors (Lipinski definition) is 2. The molecule has 4 heteroatoms. The number of likely N-dealkylation sites (tertiary alicyclic amines) is 1. The molecule has 122 valence electrons. The molecule has 0 amide bonds. The van der Waals surface area contributed by atoms with E-state index in [1.807, 2.05) is 4.90 Å². The number of piperidine rings is 2. The van der Waals surface area contributed by atoms with Gasteiger partial charge in [0.15, 0.2) is 0 Å². The van der Waals surface area contributed by atoms with Gasteiger partial charge in [0.05, 0.1) is 6.54 Å². The average Bonchev–Trinajstić information content (AvgIpc) is 2.49. The molecule has 0 aromatic heterocycles. The lowest BCUT2D eigenvalue weighted by Gasteiger charge is -2.34. The summed E-state index contributed by atoms with van der Waals surface area (Å²) in [5.74, 6) is -1.95. The van der Waals surface area contributed by atoms with E-state index in [1.165, 1.54) is 16.7 Å². The standard InChI is InChI=1S/C18H26F2N2/c1-14-3-4-16(12-22-10-2-7-18(19,20)13-22)17(11-14)15-5-8-21-9-6-15/h3-4,11,15,21H,2,5-10,12-13H2,1H3. The third-order valence-electron chi connectivity index (χ3n) is 4.95. The third kappa shape index (κ3) is 3.85. The van der Waals surface area contributed by atoms with E-state index < -0.39 is 5.92 Å². The van der Waals surface area contributed by atoms with Gasteiger partial charge in [0.1, 0.15) is 0 Å². The molecule has 0 bridgehead atoms. The van der Waals surface area contributed by atoms with Gasteiger partial charge in [-0.15, -0.1) is 0 Å². The van der Waals surface area contributed by atoms with Crippen LogP contribution in [0.4, 0.5) is 8.78 Å². The molecule has 2 heterocycles. The van der Waals surface area contributed by atoms with Gasteiger partial charge in [-0.05, 0) is 62.9 Å². The number of nitrogens with one attached hydrogen (secondary N) is 1. The van der Waals surface area contributed by atoms with Crippen molar-refractivity contribution in [3.63, 3.8) is 0 Å². The summed E-state index contributed by atoms with van der Waals surface area (Å²) >= 11 is 0. The second kappa shape index (κ2) is 6.63. The van der Waals surface area contributed by atoms with E-state index in [1.54, 1.807) is 0 Å². The first-order valence-electron chi connectivity index (χ1n) is 8.44. The fourth-order valence-electron chi connectivity index (χ4n) is 3.79. The van der Waals surface area contributed by atoms with E-state index >= 15 is 0 Å². The number of alkyl halides is 2. The van der Waals surface area contributed by atoms with Gasteiger partial charge < -0.3 is 5.32 Å². The van der Waals surface area contributed by atoms with Crippen molar-refractivity contribution >= 4 is 0 Å². The van der Waals surface area contributed by atoms with Gasteiger partial charge in [-0.3, -0.25) is 4.90 Å². The predicted molar refractivity (Wildman–Crippen MR) is 85.5 cm³/mol. The van der Waals surface area contributed by atoms with E-state index in [2.05, 4.69) is 30.4 Å². The molecule has 2 nitrogen and oxygen atoms in total. The Morgan fingerprint density at radius 1 is 1.27 bits per heavy atom. The zero-order chi connectivity index (χ0) is 15.6. The van der Waals surface area contributed by atoms with Crippen molar-refractivity contribution in [3.8, 4) is 0 Å². The van der Waals surface area contributed by atoms with Crippen LogP contribution in [0.1, 0.15) is 48.3 Å². The molecule has 2 aliphatic heterocycles. The van der Waals surface area contributed by atoms with Crippen LogP contribution in [0.15, 0.2) is 18.2 Å². The lowest BCUT2D eigenvalue weighted by molar-refractivity contribution is -0.0661. The molecule has 2 aliphatic rings. The molecular formula is C18H26F2N2. The Morgan fingerprint density at radius 3 is 2.77 bits per heavy atom. The Balaban J connectivity index is 1.77. The SMILES string of the molecule is Cc1ccc(CN2CCCC(F)(F)C2)c(C2CCNCC2)c1. The molecule has 22 heavy (non-hydrogen) atoms. The number of aryl methyl sites for hydroxylation is 1. The molecule has 2 saturated heterocycles. The minimum absolute atomic E-state index is 0.0402. The highest BCUT2D eigenvalue weighted by molar-refractivity contribution is 5.34. The molecule has 0 unspecified atom stereocenters. The predicted octanol–water partition coefficient (Wildman–Crippen LogP) is 3.69. The highest BCUT2D eigenvalue weighted by Gasteiger charge is 2.35. The van der Waals surface area contributed by atoms with Crippen molar-refractivity contribution < 1.29 is 8.78 Å². The highest BCUT2D eigenvalue weighted by Crippen LogP contribution is 2.32. The summed E-state index contributed by atoms with van der Waals surface area (Å²) in [5.41, 5.74) is 3.90. The first-order chi connectivity index (χ1) is 10.5. The molecule has 3 rings (SSSR count). The second-order valence-electron chi connectivity index (χ2n) is 6.90. The molecular weight excluding hydrogens is 282 g/mol. The van der Waals surface area contributed by atoms with Crippen LogP contribution < -0.4 is 5.32 Å². The van der Waals surface area contributed by atoms with Crippen LogP contribution >= 0.6 is 0 Å².